The van der Waals surface area contributed by atoms with Gasteiger partial charge in [0, 0.05) is 27.5 Å². The molecule has 1 fully saturated rings. The van der Waals surface area contributed by atoms with Crippen molar-refractivity contribution in [3.05, 3.63) is 51.8 Å². The molecule has 1 amide bonds. The van der Waals surface area contributed by atoms with Crippen molar-refractivity contribution in [1.82, 2.24) is 9.88 Å². The third kappa shape index (κ3) is 3.87. The number of rotatable bonds is 7. The molecule has 1 unspecified atom stereocenters. The van der Waals surface area contributed by atoms with Crippen molar-refractivity contribution in [2.24, 2.45) is 0 Å². The van der Waals surface area contributed by atoms with E-state index in [0.29, 0.717) is 23.9 Å². The van der Waals surface area contributed by atoms with Crippen LogP contribution < -0.4 is 10.1 Å². The summed E-state index contributed by atoms with van der Waals surface area (Å²) in [5, 5.41) is 5.57. The van der Waals surface area contributed by atoms with Gasteiger partial charge >= 0.3 is 5.97 Å². The van der Waals surface area contributed by atoms with Gasteiger partial charge in [-0.1, -0.05) is 6.07 Å². The predicted molar refractivity (Wildman–Crippen MR) is 113 cm³/mol. The van der Waals surface area contributed by atoms with Gasteiger partial charge in [-0.3, -0.25) is 4.79 Å². The van der Waals surface area contributed by atoms with E-state index in [4.69, 9.17) is 9.47 Å². The SMILES string of the molecule is COc1ccc2c(c1)c(C(=O)OC(C)C(=O)NCc1cccs1)c(C)n2C1CC1. The number of hydrogen-bond donors (Lipinski definition) is 1. The third-order valence-electron chi connectivity index (χ3n) is 5.24. The van der Waals surface area contributed by atoms with Gasteiger partial charge in [0.25, 0.3) is 5.91 Å². The fraction of sp³-hybridized carbons (Fsp3) is 0.364. The predicted octanol–water partition coefficient (Wildman–Crippen LogP) is 4.22. The minimum atomic E-state index is -0.883. The van der Waals surface area contributed by atoms with E-state index in [9.17, 15) is 9.59 Å². The number of esters is 1. The zero-order chi connectivity index (χ0) is 20.5. The standard InChI is InChI=1S/C22H24N2O4S/c1-13-20(18-11-16(27-3)8-9-19(18)24(13)15-6-7-15)22(26)28-14(2)21(25)23-12-17-5-4-10-29-17/h4-5,8-11,14-15H,6-7,12H2,1-3H3,(H,23,25). The normalized spacial score (nSPS) is 14.6. The highest BCUT2D eigenvalue weighted by atomic mass is 32.1. The van der Waals surface area contributed by atoms with Crippen LogP contribution in [0.3, 0.4) is 0 Å². The molecule has 1 aliphatic carbocycles. The average Bonchev–Trinajstić information content (AvgIpc) is 3.31. The molecule has 1 aromatic carbocycles. The second-order valence-electron chi connectivity index (χ2n) is 7.29. The van der Waals surface area contributed by atoms with Crippen LogP contribution in [0.2, 0.25) is 0 Å². The van der Waals surface area contributed by atoms with Crippen LogP contribution in [-0.4, -0.2) is 29.7 Å². The number of nitrogens with one attached hydrogen (secondary N) is 1. The number of aromatic nitrogens is 1. The van der Waals surface area contributed by atoms with Crippen molar-refractivity contribution in [2.45, 2.75) is 45.4 Å². The van der Waals surface area contributed by atoms with Crippen LogP contribution in [0.15, 0.2) is 35.7 Å². The van der Waals surface area contributed by atoms with Crippen LogP contribution in [-0.2, 0) is 16.1 Å². The van der Waals surface area contributed by atoms with Crippen molar-refractivity contribution in [3.63, 3.8) is 0 Å². The number of carbonyl (C=O) groups excluding carboxylic acids is 2. The largest absolute Gasteiger partial charge is 0.497 e. The summed E-state index contributed by atoms with van der Waals surface area (Å²) in [5.74, 6) is -0.118. The van der Waals surface area contributed by atoms with Gasteiger partial charge in [0.2, 0.25) is 0 Å². The summed E-state index contributed by atoms with van der Waals surface area (Å²) < 4.78 is 13.1. The van der Waals surface area contributed by atoms with Crippen molar-refractivity contribution < 1.29 is 19.1 Å². The summed E-state index contributed by atoms with van der Waals surface area (Å²) in [7, 11) is 1.60. The fourth-order valence-electron chi connectivity index (χ4n) is 3.61. The monoisotopic (exact) mass is 412 g/mol. The van der Waals surface area contributed by atoms with Crippen LogP contribution in [0.1, 0.15) is 46.7 Å². The molecule has 0 saturated heterocycles. The topological polar surface area (TPSA) is 69.6 Å². The first-order valence-electron chi connectivity index (χ1n) is 9.69. The van der Waals surface area contributed by atoms with Crippen LogP contribution >= 0.6 is 11.3 Å². The molecule has 4 rings (SSSR count). The molecule has 0 aliphatic heterocycles. The number of ether oxygens (including phenoxy) is 2. The molecule has 1 saturated carbocycles. The van der Waals surface area contributed by atoms with E-state index in [-0.39, 0.29) is 5.91 Å². The Morgan fingerprint density at radius 2 is 2.10 bits per heavy atom. The van der Waals surface area contributed by atoms with Gasteiger partial charge in [0.1, 0.15) is 5.75 Å². The van der Waals surface area contributed by atoms with E-state index in [2.05, 4.69) is 9.88 Å². The minimum absolute atomic E-state index is 0.312. The number of amides is 1. The van der Waals surface area contributed by atoms with Crippen LogP contribution in [0.4, 0.5) is 0 Å². The Bertz CT molecular complexity index is 1050. The molecule has 2 aromatic heterocycles. The Morgan fingerprint density at radius 1 is 1.31 bits per heavy atom. The minimum Gasteiger partial charge on any atom is -0.497 e. The molecule has 1 atom stereocenters. The Balaban J connectivity index is 1.56. The molecule has 3 aromatic rings. The van der Waals surface area contributed by atoms with Crippen molar-refractivity contribution >= 4 is 34.1 Å². The fourth-order valence-corrected chi connectivity index (χ4v) is 4.26. The highest BCUT2D eigenvalue weighted by Crippen LogP contribution is 2.42. The van der Waals surface area contributed by atoms with Gasteiger partial charge in [-0.05, 0) is 56.3 Å². The van der Waals surface area contributed by atoms with Gasteiger partial charge in [0.15, 0.2) is 6.10 Å². The number of carbonyl (C=O) groups is 2. The van der Waals surface area contributed by atoms with Crippen LogP contribution in [0.25, 0.3) is 10.9 Å². The lowest BCUT2D eigenvalue weighted by molar-refractivity contribution is -0.129. The van der Waals surface area contributed by atoms with Gasteiger partial charge in [-0.2, -0.15) is 0 Å². The molecule has 2 heterocycles. The summed E-state index contributed by atoms with van der Waals surface area (Å²) in [6, 6.07) is 10.0. The Morgan fingerprint density at radius 3 is 2.76 bits per heavy atom. The first-order valence-corrected chi connectivity index (χ1v) is 10.6. The second-order valence-corrected chi connectivity index (χ2v) is 8.32. The summed E-state index contributed by atoms with van der Waals surface area (Å²) in [4.78, 5) is 26.4. The highest BCUT2D eigenvalue weighted by molar-refractivity contribution is 7.09. The zero-order valence-corrected chi connectivity index (χ0v) is 17.5. The smallest absolute Gasteiger partial charge is 0.341 e. The number of benzene rings is 1. The van der Waals surface area contributed by atoms with E-state index in [1.165, 1.54) is 0 Å². The molecular weight excluding hydrogens is 388 g/mol. The molecule has 0 radical (unpaired) electrons. The number of hydrogen-bond acceptors (Lipinski definition) is 5. The number of thiophene rings is 1. The molecule has 0 spiro atoms. The molecule has 7 heteroatoms. The van der Waals surface area contributed by atoms with Crippen molar-refractivity contribution in [1.29, 1.82) is 0 Å². The highest BCUT2D eigenvalue weighted by Gasteiger charge is 2.31. The summed E-state index contributed by atoms with van der Waals surface area (Å²) in [5.41, 5.74) is 2.36. The lowest BCUT2D eigenvalue weighted by Gasteiger charge is -2.13. The molecule has 1 N–H and O–H groups in total. The van der Waals surface area contributed by atoms with Gasteiger partial charge < -0.3 is 19.4 Å². The molecule has 6 nitrogen and oxygen atoms in total. The third-order valence-corrected chi connectivity index (χ3v) is 6.12. The lowest BCUT2D eigenvalue weighted by Crippen LogP contribution is -2.35. The van der Waals surface area contributed by atoms with E-state index in [0.717, 1.165) is 34.3 Å². The maximum atomic E-state index is 13.0. The first kappa shape index (κ1) is 19.5. The second kappa shape index (κ2) is 7.91. The quantitative estimate of drug-likeness (QED) is 0.590. The van der Waals surface area contributed by atoms with E-state index < -0.39 is 12.1 Å². The number of nitrogens with zero attached hydrogens (tertiary/aromatic N) is 1. The number of methoxy groups -OCH3 is 1. The van der Waals surface area contributed by atoms with Gasteiger partial charge in [-0.25, -0.2) is 4.79 Å². The maximum Gasteiger partial charge on any atom is 0.341 e. The van der Waals surface area contributed by atoms with E-state index in [1.807, 2.05) is 42.6 Å². The van der Waals surface area contributed by atoms with Crippen LogP contribution in [0, 0.1) is 6.92 Å². The molecule has 29 heavy (non-hydrogen) atoms. The lowest BCUT2D eigenvalue weighted by atomic mass is 10.1. The van der Waals surface area contributed by atoms with Crippen molar-refractivity contribution in [2.75, 3.05) is 7.11 Å². The van der Waals surface area contributed by atoms with E-state index in [1.54, 1.807) is 25.4 Å². The Hall–Kier alpha value is -2.80. The average molecular weight is 413 g/mol. The van der Waals surface area contributed by atoms with Gasteiger partial charge in [-0.15, -0.1) is 11.3 Å². The zero-order valence-electron chi connectivity index (χ0n) is 16.7. The first-order chi connectivity index (χ1) is 14.0. The summed E-state index contributed by atoms with van der Waals surface area (Å²) in [6.45, 7) is 3.95. The van der Waals surface area contributed by atoms with Crippen LogP contribution in [0.5, 0.6) is 5.75 Å². The van der Waals surface area contributed by atoms with Crippen molar-refractivity contribution in [3.8, 4) is 5.75 Å². The summed E-state index contributed by atoms with van der Waals surface area (Å²) >= 11 is 1.57. The number of fused-ring (bicyclic) bond motifs is 1. The molecular formula is C22H24N2O4S. The van der Waals surface area contributed by atoms with E-state index >= 15 is 0 Å². The Labute approximate surface area is 173 Å². The maximum absolute atomic E-state index is 13.0. The molecule has 1 aliphatic rings. The Kier molecular flexibility index (Phi) is 5.32. The summed E-state index contributed by atoms with van der Waals surface area (Å²) in [6.07, 6.45) is 1.33. The molecule has 0 bridgehead atoms. The molecule has 152 valence electrons. The van der Waals surface area contributed by atoms with Gasteiger partial charge in [0.05, 0.1) is 19.2 Å².